The Kier molecular flexibility index (Phi) is 3.38. The Morgan fingerprint density at radius 3 is 2.45 bits per heavy atom. The number of aryl methyl sites for hydroxylation is 2. The van der Waals surface area contributed by atoms with E-state index in [0.717, 1.165) is 26.8 Å². The average molecular weight is 400 g/mol. The normalized spacial score (nSPS) is 13.0. The fourth-order valence-electron chi connectivity index (χ4n) is 2.32. The number of imidazole rings is 1. The first kappa shape index (κ1) is 13.7. The number of hydrogen-bond acceptors (Lipinski definition) is 2. The van der Waals surface area contributed by atoms with Gasteiger partial charge in [-0.15, -0.1) is 0 Å². The third-order valence-corrected chi connectivity index (χ3v) is 5.09. The van der Waals surface area contributed by atoms with Crippen LogP contribution in [-0.4, -0.2) is 9.13 Å². The number of fused-ring (bicyclic) bond motifs is 1. The minimum absolute atomic E-state index is 0.0341. The summed E-state index contributed by atoms with van der Waals surface area (Å²) in [6.07, 6.45) is 1.65. The van der Waals surface area contributed by atoms with Gasteiger partial charge in [0.25, 0.3) is 0 Å². The van der Waals surface area contributed by atoms with Crippen molar-refractivity contribution >= 4 is 42.9 Å². The van der Waals surface area contributed by atoms with Gasteiger partial charge in [0.15, 0.2) is 0 Å². The van der Waals surface area contributed by atoms with Crippen LogP contribution < -0.4 is 5.69 Å². The van der Waals surface area contributed by atoms with Crippen LogP contribution in [0, 0.1) is 0 Å². The molecule has 0 saturated carbocycles. The van der Waals surface area contributed by atoms with Crippen molar-refractivity contribution in [1.82, 2.24) is 9.13 Å². The van der Waals surface area contributed by atoms with E-state index < -0.39 is 0 Å². The van der Waals surface area contributed by atoms with E-state index in [9.17, 15) is 4.79 Å². The topological polar surface area (TPSA) is 40.1 Å². The molecule has 0 radical (unpaired) electrons. The summed E-state index contributed by atoms with van der Waals surface area (Å²) >= 11 is 7.22. The first-order valence-corrected chi connectivity index (χ1v) is 7.74. The van der Waals surface area contributed by atoms with E-state index in [1.807, 2.05) is 24.3 Å². The van der Waals surface area contributed by atoms with Crippen LogP contribution in [0.4, 0.5) is 0 Å². The lowest BCUT2D eigenvalue weighted by Gasteiger charge is -2.11. The van der Waals surface area contributed by atoms with Gasteiger partial charge in [-0.2, -0.15) is 0 Å². The van der Waals surface area contributed by atoms with E-state index >= 15 is 0 Å². The molecule has 0 amide bonds. The highest BCUT2D eigenvalue weighted by atomic mass is 79.9. The van der Waals surface area contributed by atoms with E-state index in [1.54, 1.807) is 29.5 Å². The Hall–Kier alpha value is -1.27. The summed E-state index contributed by atoms with van der Waals surface area (Å²) in [6.45, 7) is 0. The second-order valence-corrected chi connectivity index (χ2v) is 6.41. The van der Waals surface area contributed by atoms with Gasteiger partial charge in [-0.25, -0.2) is 4.79 Å². The molecule has 3 rings (SSSR count). The molecule has 2 heterocycles. The Balaban J connectivity index is 2.25. The largest absolute Gasteiger partial charge is 0.468 e. The van der Waals surface area contributed by atoms with Crippen molar-refractivity contribution < 1.29 is 4.42 Å². The van der Waals surface area contributed by atoms with Gasteiger partial charge < -0.3 is 4.42 Å². The first-order valence-electron chi connectivity index (χ1n) is 6.03. The Bertz CT molecular complexity index is 831. The maximum absolute atomic E-state index is 12.0. The molecule has 0 N–H and O–H groups in total. The summed E-state index contributed by atoms with van der Waals surface area (Å²) in [6, 6.07) is 7.74. The van der Waals surface area contributed by atoms with Crippen LogP contribution >= 0.6 is 31.9 Å². The summed E-state index contributed by atoms with van der Waals surface area (Å²) < 4.78 is 9.65. The molecule has 1 atom stereocenters. The Labute approximate surface area is 132 Å². The number of rotatable bonds is 2. The lowest BCUT2D eigenvalue weighted by Crippen LogP contribution is -2.19. The fraction of sp³-hybridized carbons (Fsp3) is 0.214. The van der Waals surface area contributed by atoms with Gasteiger partial charge in [0.2, 0.25) is 0 Å². The van der Waals surface area contributed by atoms with Crippen molar-refractivity contribution in [1.29, 1.82) is 0 Å². The van der Waals surface area contributed by atoms with Gasteiger partial charge in [0.1, 0.15) is 5.76 Å². The predicted molar refractivity (Wildman–Crippen MR) is 85.3 cm³/mol. The van der Waals surface area contributed by atoms with Gasteiger partial charge in [-0.05, 0) is 29.8 Å². The van der Waals surface area contributed by atoms with Crippen molar-refractivity contribution in [3.05, 3.63) is 56.8 Å². The van der Waals surface area contributed by atoms with Crippen LogP contribution in [0.2, 0.25) is 0 Å². The third kappa shape index (κ3) is 1.98. The Morgan fingerprint density at radius 2 is 1.85 bits per heavy atom. The number of hydrogen-bond donors (Lipinski definition) is 0. The maximum atomic E-state index is 12.0. The minimum atomic E-state index is -0.0633. The molecular weight excluding hydrogens is 388 g/mol. The lowest BCUT2D eigenvalue weighted by atomic mass is 10.1. The molecule has 1 unspecified atom stereocenters. The zero-order valence-corrected chi connectivity index (χ0v) is 14.1. The molecule has 4 nitrogen and oxygen atoms in total. The van der Waals surface area contributed by atoms with E-state index in [4.69, 9.17) is 4.42 Å². The third-order valence-electron chi connectivity index (χ3n) is 3.46. The lowest BCUT2D eigenvalue weighted by molar-refractivity contribution is 0.519. The zero-order valence-electron chi connectivity index (χ0n) is 10.9. The first-order chi connectivity index (χ1) is 9.50. The standard InChI is InChI=1S/C14H12Br2N2O2/c1-17-10-6-8(13(16)12-4-3-5-20-12)9(15)7-11(10)18(2)14(17)19/h3-7,13H,1-2H3. The average Bonchev–Trinajstić information content (AvgIpc) is 3.03. The van der Waals surface area contributed by atoms with Crippen molar-refractivity contribution in [2.75, 3.05) is 0 Å². The molecule has 3 aromatic rings. The van der Waals surface area contributed by atoms with Crippen molar-refractivity contribution in [3.63, 3.8) is 0 Å². The number of alkyl halides is 1. The molecule has 20 heavy (non-hydrogen) atoms. The number of halogens is 2. The second kappa shape index (κ2) is 4.93. The van der Waals surface area contributed by atoms with Crippen molar-refractivity contribution in [2.45, 2.75) is 4.83 Å². The molecule has 0 spiro atoms. The molecule has 2 aromatic heterocycles. The molecule has 0 fully saturated rings. The predicted octanol–water partition coefficient (Wildman–Crippen LogP) is 3.72. The van der Waals surface area contributed by atoms with E-state index in [2.05, 4.69) is 31.9 Å². The highest BCUT2D eigenvalue weighted by Crippen LogP contribution is 2.37. The van der Waals surface area contributed by atoms with Gasteiger partial charge >= 0.3 is 5.69 Å². The van der Waals surface area contributed by atoms with Gasteiger partial charge in [-0.3, -0.25) is 9.13 Å². The van der Waals surface area contributed by atoms with Crippen molar-refractivity contribution in [3.8, 4) is 0 Å². The summed E-state index contributed by atoms with van der Waals surface area (Å²) in [5, 5.41) is 0. The summed E-state index contributed by atoms with van der Waals surface area (Å²) in [7, 11) is 3.55. The fourth-order valence-corrected chi connectivity index (χ4v) is 3.83. The molecule has 0 aliphatic heterocycles. The number of nitrogens with zero attached hydrogens (tertiary/aromatic N) is 2. The monoisotopic (exact) mass is 398 g/mol. The van der Waals surface area contributed by atoms with Crippen molar-refractivity contribution in [2.24, 2.45) is 14.1 Å². The van der Waals surface area contributed by atoms with Gasteiger partial charge in [-0.1, -0.05) is 31.9 Å². The SMILES string of the molecule is Cn1c(=O)n(C)c2cc(C(Br)c3ccco3)c(Br)cc21. The summed E-state index contributed by atoms with van der Waals surface area (Å²) in [5.41, 5.74) is 2.78. The highest BCUT2D eigenvalue weighted by Gasteiger charge is 2.19. The summed E-state index contributed by atoms with van der Waals surface area (Å²) in [5.74, 6) is 0.825. The van der Waals surface area contributed by atoms with E-state index in [-0.39, 0.29) is 10.5 Å². The van der Waals surface area contributed by atoms with Crippen LogP contribution in [0.5, 0.6) is 0 Å². The van der Waals surface area contributed by atoms with Crippen LogP contribution in [0.15, 0.2) is 44.2 Å². The number of furan rings is 1. The maximum Gasteiger partial charge on any atom is 0.328 e. The number of aromatic nitrogens is 2. The molecule has 0 aliphatic rings. The molecule has 0 bridgehead atoms. The zero-order chi connectivity index (χ0) is 14.4. The molecule has 1 aromatic carbocycles. The van der Waals surface area contributed by atoms with Gasteiger partial charge in [0.05, 0.1) is 22.1 Å². The second-order valence-electron chi connectivity index (χ2n) is 4.64. The van der Waals surface area contributed by atoms with Crippen LogP contribution in [-0.2, 0) is 14.1 Å². The Morgan fingerprint density at radius 1 is 1.20 bits per heavy atom. The highest BCUT2D eigenvalue weighted by molar-refractivity contribution is 9.11. The molecule has 0 aliphatic carbocycles. The summed E-state index contributed by atoms with van der Waals surface area (Å²) in [4.78, 5) is 11.9. The molecule has 104 valence electrons. The number of benzene rings is 1. The smallest absolute Gasteiger partial charge is 0.328 e. The van der Waals surface area contributed by atoms with Crippen LogP contribution in [0.3, 0.4) is 0 Å². The van der Waals surface area contributed by atoms with E-state index in [0.29, 0.717) is 0 Å². The van der Waals surface area contributed by atoms with E-state index in [1.165, 1.54) is 0 Å². The molecular formula is C14H12Br2N2O2. The quantitative estimate of drug-likeness (QED) is 0.616. The van der Waals surface area contributed by atoms with Gasteiger partial charge in [0, 0.05) is 18.6 Å². The van der Waals surface area contributed by atoms with Crippen LogP contribution in [0.25, 0.3) is 11.0 Å². The minimum Gasteiger partial charge on any atom is -0.468 e. The molecule has 6 heteroatoms. The van der Waals surface area contributed by atoms with Crippen LogP contribution in [0.1, 0.15) is 16.2 Å². The molecule has 0 saturated heterocycles.